The Hall–Kier alpha value is -0.120. The molecule has 0 radical (unpaired) electrons. The van der Waals surface area contributed by atoms with Crippen LogP contribution in [0.3, 0.4) is 0 Å². The van der Waals surface area contributed by atoms with E-state index in [1.54, 1.807) is 0 Å². The molecule has 2 N–H and O–H groups in total. The van der Waals surface area contributed by atoms with Gasteiger partial charge in [0.25, 0.3) is 0 Å². The number of ether oxygens (including phenoxy) is 1. The van der Waals surface area contributed by atoms with Gasteiger partial charge in [0.05, 0.1) is 25.4 Å². The standard InChI is InChI=1S/C13H27NO2/c1-3-8-14-12(9-15)10-16-13-6-4-11(2)5-7-13/h11-15H,3-10H2,1-2H3. The Bertz CT molecular complexity index is 163. The van der Waals surface area contributed by atoms with Crippen LogP contribution in [-0.4, -0.2) is 37.0 Å². The summed E-state index contributed by atoms with van der Waals surface area (Å²) in [4.78, 5) is 0. The van der Waals surface area contributed by atoms with E-state index >= 15 is 0 Å². The maximum absolute atomic E-state index is 9.18. The molecule has 3 heteroatoms. The van der Waals surface area contributed by atoms with Crippen LogP contribution in [0.2, 0.25) is 0 Å². The van der Waals surface area contributed by atoms with Gasteiger partial charge in [-0.2, -0.15) is 0 Å². The highest BCUT2D eigenvalue weighted by Crippen LogP contribution is 2.25. The quantitative estimate of drug-likeness (QED) is 0.701. The Morgan fingerprint density at radius 2 is 2.00 bits per heavy atom. The highest BCUT2D eigenvalue weighted by molar-refractivity contribution is 4.72. The third-order valence-electron chi connectivity index (χ3n) is 3.40. The zero-order valence-electron chi connectivity index (χ0n) is 10.7. The molecule has 0 amide bonds. The van der Waals surface area contributed by atoms with E-state index in [-0.39, 0.29) is 12.6 Å². The van der Waals surface area contributed by atoms with Crippen molar-refractivity contribution in [3.63, 3.8) is 0 Å². The summed E-state index contributed by atoms with van der Waals surface area (Å²) in [5, 5.41) is 12.5. The van der Waals surface area contributed by atoms with Crippen LogP contribution in [0.15, 0.2) is 0 Å². The predicted molar refractivity (Wildman–Crippen MR) is 66.5 cm³/mol. The number of nitrogens with one attached hydrogen (secondary N) is 1. The molecule has 0 aliphatic heterocycles. The molecule has 0 aromatic carbocycles. The van der Waals surface area contributed by atoms with Crippen LogP contribution in [0.25, 0.3) is 0 Å². The largest absolute Gasteiger partial charge is 0.395 e. The van der Waals surface area contributed by atoms with Crippen LogP contribution in [0.5, 0.6) is 0 Å². The van der Waals surface area contributed by atoms with Gasteiger partial charge in [-0.15, -0.1) is 0 Å². The molecule has 1 rings (SSSR count). The SMILES string of the molecule is CCCNC(CO)COC1CCC(C)CC1. The lowest BCUT2D eigenvalue weighted by atomic mass is 9.89. The maximum atomic E-state index is 9.18. The lowest BCUT2D eigenvalue weighted by Gasteiger charge is -2.28. The fourth-order valence-corrected chi connectivity index (χ4v) is 2.17. The van der Waals surface area contributed by atoms with Gasteiger partial charge < -0.3 is 15.2 Å². The minimum atomic E-state index is 0.110. The lowest BCUT2D eigenvalue weighted by Crippen LogP contribution is -2.38. The van der Waals surface area contributed by atoms with Crippen molar-refractivity contribution >= 4 is 0 Å². The molecular weight excluding hydrogens is 202 g/mol. The van der Waals surface area contributed by atoms with Crippen molar-refractivity contribution in [2.24, 2.45) is 5.92 Å². The van der Waals surface area contributed by atoms with E-state index in [2.05, 4.69) is 19.2 Å². The van der Waals surface area contributed by atoms with E-state index in [1.165, 1.54) is 25.7 Å². The third kappa shape index (κ3) is 5.28. The van der Waals surface area contributed by atoms with Crippen molar-refractivity contribution in [1.29, 1.82) is 0 Å². The molecule has 1 aliphatic rings. The Balaban J connectivity index is 2.11. The monoisotopic (exact) mass is 229 g/mol. The molecule has 0 heterocycles. The molecule has 0 bridgehead atoms. The van der Waals surface area contributed by atoms with Crippen molar-refractivity contribution in [1.82, 2.24) is 5.32 Å². The van der Waals surface area contributed by atoms with Gasteiger partial charge in [-0.3, -0.25) is 0 Å². The van der Waals surface area contributed by atoms with Gasteiger partial charge in [0.15, 0.2) is 0 Å². The van der Waals surface area contributed by atoms with E-state index in [9.17, 15) is 5.11 Å². The van der Waals surface area contributed by atoms with Crippen LogP contribution in [0.4, 0.5) is 0 Å². The highest BCUT2D eigenvalue weighted by Gasteiger charge is 2.19. The van der Waals surface area contributed by atoms with Gasteiger partial charge in [-0.1, -0.05) is 13.8 Å². The van der Waals surface area contributed by atoms with E-state index in [0.717, 1.165) is 18.9 Å². The van der Waals surface area contributed by atoms with Gasteiger partial charge in [-0.05, 0) is 44.6 Å². The Morgan fingerprint density at radius 3 is 2.56 bits per heavy atom. The molecule has 96 valence electrons. The van der Waals surface area contributed by atoms with E-state index in [4.69, 9.17) is 4.74 Å². The van der Waals surface area contributed by atoms with Crippen LogP contribution >= 0.6 is 0 Å². The van der Waals surface area contributed by atoms with E-state index in [1.807, 2.05) is 0 Å². The summed E-state index contributed by atoms with van der Waals surface area (Å²) < 4.78 is 5.86. The molecule has 1 fully saturated rings. The predicted octanol–water partition coefficient (Wildman–Crippen LogP) is 1.94. The minimum Gasteiger partial charge on any atom is -0.395 e. The molecule has 0 aromatic rings. The summed E-state index contributed by atoms with van der Waals surface area (Å²) in [6.07, 6.45) is 6.47. The molecule has 0 spiro atoms. The summed E-state index contributed by atoms with van der Waals surface area (Å²) in [6, 6.07) is 0.110. The summed E-state index contributed by atoms with van der Waals surface area (Å²) in [6.45, 7) is 6.22. The second kappa shape index (κ2) is 8.04. The normalized spacial score (nSPS) is 27.9. The molecule has 3 nitrogen and oxygen atoms in total. The van der Waals surface area contributed by atoms with Crippen molar-refractivity contribution in [3.8, 4) is 0 Å². The summed E-state index contributed by atoms with van der Waals surface area (Å²) >= 11 is 0. The fourth-order valence-electron chi connectivity index (χ4n) is 2.17. The first-order valence-corrected chi connectivity index (χ1v) is 6.72. The van der Waals surface area contributed by atoms with Crippen LogP contribution in [0.1, 0.15) is 46.0 Å². The zero-order chi connectivity index (χ0) is 11.8. The third-order valence-corrected chi connectivity index (χ3v) is 3.40. The van der Waals surface area contributed by atoms with Crippen LogP contribution in [-0.2, 0) is 4.74 Å². The second-order valence-electron chi connectivity index (χ2n) is 5.05. The summed E-state index contributed by atoms with van der Waals surface area (Å²) in [7, 11) is 0. The number of hydrogen-bond acceptors (Lipinski definition) is 3. The molecule has 16 heavy (non-hydrogen) atoms. The average Bonchev–Trinajstić information content (AvgIpc) is 2.32. The number of hydrogen-bond donors (Lipinski definition) is 2. The van der Waals surface area contributed by atoms with Crippen LogP contribution in [0, 0.1) is 5.92 Å². The smallest absolute Gasteiger partial charge is 0.0645 e. The molecule has 0 aromatic heterocycles. The van der Waals surface area contributed by atoms with Gasteiger partial charge in [0.1, 0.15) is 0 Å². The topological polar surface area (TPSA) is 41.5 Å². The number of aliphatic hydroxyl groups excluding tert-OH is 1. The highest BCUT2D eigenvalue weighted by atomic mass is 16.5. The molecule has 0 saturated heterocycles. The molecule has 1 saturated carbocycles. The molecule has 1 atom stereocenters. The minimum absolute atomic E-state index is 0.110. The summed E-state index contributed by atoms with van der Waals surface area (Å²) in [5.74, 6) is 0.867. The Labute approximate surface area is 99.6 Å². The van der Waals surface area contributed by atoms with Crippen molar-refractivity contribution in [3.05, 3.63) is 0 Å². The van der Waals surface area contributed by atoms with Crippen LogP contribution < -0.4 is 5.32 Å². The fraction of sp³-hybridized carbons (Fsp3) is 1.00. The van der Waals surface area contributed by atoms with Gasteiger partial charge in [0.2, 0.25) is 0 Å². The Kier molecular flexibility index (Phi) is 7.01. The lowest BCUT2D eigenvalue weighted by molar-refractivity contribution is 0.000529. The van der Waals surface area contributed by atoms with E-state index < -0.39 is 0 Å². The van der Waals surface area contributed by atoms with E-state index in [0.29, 0.717) is 12.7 Å². The maximum Gasteiger partial charge on any atom is 0.0645 e. The molecule has 1 unspecified atom stereocenters. The first kappa shape index (κ1) is 13.9. The Morgan fingerprint density at radius 1 is 1.31 bits per heavy atom. The zero-order valence-corrected chi connectivity index (χ0v) is 10.7. The van der Waals surface area contributed by atoms with Gasteiger partial charge in [0, 0.05) is 0 Å². The number of aliphatic hydroxyl groups is 1. The first-order valence-electron chi connectivity index (χ1n) is 6.72. The molecular formula is C13H27NO2. The number of rotatable bonds is 7. The van der Waals surface area contributed by atoms with Crippen molar-refractivity contribution < 1.29 is 9.84 Å². The summed E-state index contributed by atoms with van der Waals surface area (Å²) in [5.41, 5.74) is 0. The second-order valence-corrected chi connectivity index (χ2v) is 5.05. The van der Waals surface area contributed by atoms with Crippen molar-refractivity contribution in [2.75, 3.05) is 19.8 Å². The van der Waals surface area contributed by atoms with Gasteiger partial charge >= 0.3 is 0 Å². The average molecular weight is 229 g/mol. The molecule has 1 aliphatic carbocycles. The van der Waals surface area contributed by atoms with Crippen molar-refractivity contribution in [2.45, 2.75) is 58.1 Å². The first-order chi connectivity index (χ1) is 7.76. The van der Waals surface area contributed by atoms with Gasteiger partial charge in [-0.25, -0.2) is 0 Å².